The van der Waals surface area contributed by atoms with Crippen molar-refractivity contribution in [1.82, 2.24) is 25.3 Å². The fourth-order valence-corrected chi connectivity index (χ4v) is 12.6. The number of esters is 1. The topological polar surface area (TPSA) is 283 Å². The SMILES string of the molecule is CC(C)[C@H](CC(=O)CCCCCN1C(=O)C=CC1=O)C(=O)N[C@@H](CCCNC(N)=O)C(=O)Cc1ccc(COC(=O)N(C)C2CCN(C)C2)cc1.CO[C@H]([C@@H](C)[C@H]1O[C@]1(C)C[C@H](C)/C=C/C=C(\C)[C@H]1O[C@@H](CCC(=O)CCCCCOC(C)=O)CC[C@@H]1C)[C@@H](C)O. The maximum Gasteiger partial charge on any atom is 0.410 e. The van der Waals surface area contributed by atoms with Crippen molar-refractivity contribution in [3.05, 3.63) is 71.3 Å². The molecule has 0 aliphatic carbocycles. The first-order valence-electron chi connectivity index (χ1n) is 33.2. The van der Waals surface area contributed by atoms with Gasteiger partial charge in [-0.05, 0) is 146 Å². The molecule has 5 N–H and O–H groups in total. The summed E-state index contributed by atoms with van der Waals surface area (Å²) in [5.74, 6) is -1.16. The van der Waals surface area contributed by atoms with Crippen LogP contribution >= 0.6 is 0 Å². The molecule has 91 heavy (non-hydrogen) atoms. The number of Topliss-reactive ketones (excluding diaryl/α,β-unsaturated/α-hetero) is 3. The molecule has 4 aliphatic rings. The largest absolute Gasteiger partial charge is 0.466 e. The molecule has 21 nitrogen and oxygen atoms in total. The van der Waals surface area contributed by atoms with Crippen LogP contribution in [0, 0.1) is 29.6 Å². The Morgan fingerprint density at radius 1 is 0.868 bits per heavy atom. The summed E-state index contributed by atoms with van der Waals surface area (Å²) < 4.78 is 28.5. The van der Waals surface area contributed by atoms with E-state index in [1.165, 1.54) is 29.5 Å². The van der Waals surface area contributed by atoms with E-state index in [9.17, 15) is 48.3 Å². The van der Waals surface area contributed by atoms with Gasteiger partial charge in [0.2, 0.25) is 5.91 Å². The summed E-state index contributed by atoms with van der Waals surface area (Å²) in [5, 5.41) is 15.4. The Labute approximate surface area is 541 Å². The number of benzene rings is 1. The molecule has 12 atom stereocenters. The maximum atomic E-state index is 13.5. The highest BCUT2D eigenvalue weighted by molar-refractivity contribution is 6.12. The molecule has 3 saturated heterocycles. The Balaban J connectivity index is 0.000000400. The van der Waals surface area contributed by atoms with E-state index in [1.54, 1.807) is 50.2 Å². The van der Waals surface area contributed by atoms with Gasteiger partial charge in [0.1, 0.15) is 18.2 Å². The van der Waals surface area contributed by atoms with Crippen LogP contribution < -0.4 is 16.4 Å². The number of methoxy groups -OCH3 is 1. The van der Waals surface area contributed by atoms with E-state index < -0.39 is 24.1 Å². The van der Waals surface area contributed by atoms with Gasteiger partial charge >= 0.3 is 18.1 Å². The van der Waals surface area contributed by atoms with E-state index in [0.717, 1.165) is 75.6 Å². The number of urea groups is 1. The molecule has 0 radical (unpaired) electrons. The number of carbonyl (C=O) groups is 9. The van der Waals surface area contributed by atoms with Gasteiger partial charge in [0.15, 0.2) is 5.78 Å². The zero-order chi connectivity index (χ0) is 67.4. The third-order valence-electron chi connectivity index (χ3n) is 18.1. The van der Waals surface area contributed by atoms with E-state index in [2.05, 4.69) is 68.4 Å². The quantitative estimate of drug-likeness (QED) is 0.0157. The van der Waals surface area contributed by atoms with Crippen LogP contribution in [0.4, 0.5) is 9.59 Å². The Hall–Kier alpha value is -6.13. The summed E-state index contributed by atoms with van der Waals surface area (Å²) in [4.78, 5) is 115. The highest BCUT2D eigenvalue weighted by atomic mass is 16.6. The second kappa shape index (κ2) is 39.4. The number of nitrogens with zero attached hydrogens (tertiary/aromatic N) is 3. The Kier molecular flexibility index (Phi) is 33.5. The predicted octanol–water partition coefficient (Wildman–Crippen LogP) is 9.08. The Morgan fingerprint density at radius 2 is 1.53 bits per heavy atom. The molecule has 4 aliphatic heterocycles. The van der Waals surface area contributed by atoms with Gasteiger partial charge in [-0.25, -0.2) is 9.59 Å². The van der Waals surface area contributed by atoms with Gasteiger partial charge in [-0.2, -0.15) is 0 Å². The number of hydrogen-bond acceptors (Lipinski definition) is 16. The lowest BCUT2D eigenvalue weighted by Crippen LogP contribution is -2.46. The monoisotopic (exact) mass is 1270 g/mol. The van der Waals surface area contributed by atoms with Crippen LogP contribution in [0.2, 0.25) is 0 Å². The van der Waals surface area contributed by atoms with Gasteiger partial charge in [-0.3, -0.25) is 38.5 Å². The van der Waals surface area contributed by atoms with E-state index >= 15 is 0 Å². The number of nitrogens with one attached hydrogen (secondary N) is 2. The highest BCUT2D eigenvalue weighted by Crippen LogP contribution is 2.47. The van der Waals surface area contributed by atoms with Crippen molar-refractivity contribution in [2.75, 3.05) is 54.0 Å². The van der Waals surface area contributed by atoms with Crippen molar-refractivity contribution in [3.8, 4) is 0 Å². The van der Waals surface area contributed by atoms with Crippen molar-refractivity contribution >= 4 is 53.2 Å². The fraction of sp³-hybridized carbons (Fsp3) is 0.700. The molecule has 0 spiro atoms. The number of epoxide rings is 1. The molecule has 6 amide bonds. The minimum absolute atomic E-state index is 0.0280. The molecule has 4 heterocycles. The summed E-state index contributed by atoms with van der Waals surface area (Å²) >= 11 is 0. The van der Waals surface area contributed by atoms with Crippen LogP contribution in [0.15, 0.2) is 60.2 Å². The van der Waals surface area contributed by atoms with Gasteiger partial charge in [0.25, 0.3) is 11.8 Å². The summed E-state index contributed by atoms with van der Waals surface area (Å²) in [7, 11) is 5.41. The zero-order valence-electron chi connectivity index (χ0n) is 56.7. The normalized spacial score (nSPS) is 22.8. The molecule has 0 saturated carbocycles. The maximum absolute atomic E-state index is 13.5. The lowest BCUT2D eigenvalue weighted by molar-refractivity contribution is -0.141. The number of imide groups is 1. The van der Waals surface area contributed by atoms with Crippen molar-refractivity contribution in [2.24, 2.45) is 35.3 Å². The van der Waals surface area contributed by atoms with Crippen LogP contribution in [0.25, 0.3) is 0 Å². The fourth-order valence-electron chi connectivity index (χ4n) is 12.6. The second-order valence-electron chi connectivity index (χ2n) is 26.5. The van der Waals surface area contributed by atoms with E-state index in [0.29, 0.717) is 69.3 Å². The second-order valence-corrected chi connectivity index (χ2v) is 26.5. The number of ether oxygens (including phenoxy) is 5. The number of amides is 6. The van der Waals surface area contributed by atoms with Gasteiger partial charge in [0.05, 0.1) is 48.8 Å². The molecule has 21 heteroatoms. The summed E-state index contributed by atoms with van der Waals surface area (Å²) in [6, 6.07) is 5.77. The average molecular weight is 1280 g/mol. The van der Waals surface area contributed by atoms with E-state index in [-0.39, 0.29) is 128 Å². The highest BCUT2D eigenvalue weighted by Gasteiger charge is 2.57. The van der Waals surface area contributed by atoms with Crippen LogP contribution in [0.3, 0.4) is 0 Å². The van der Waals surface area contributed by atoms with E-state index in [1.807, 2.05) is 20.9 Å². The predicted molar refractivity (Wildman–Crippen MR) is 348 cm³/mol. The number of ketones is 3. The number of carbonyl (C=O) groups excluding carboxylic acids is 9. The molecule has 3 fully saturated rings. The summed E-state index contributed by atoms with van der Waals surface area (Å²) in [5.41, 5.74) is 7.71. The van der Waals surface area contributed by atoms with Gasteiger partial charge in [-0.15, -0.1) is 0 Å². The number of likely N-dealkylation sites (N-methyl/N-ethyl adjacent to an activating group) is 2. The first-order chi connectivity index (χ1) is 43.1. The standard InChI is InChI=1S/C37H54N6O8.C33H56O7/c1-25(2)30(22-29(44)9-6-5-7-19-43-33(46)15-16-34(43)47)35(48)40-31(10-8-18-39-36(38)49)32(45)21-26-11-13-27(14-12-26)24-51-37(50)42(4)28-17-20-41(3)23-28;1-22(21-33(7)32(40-33)25(4)31(37-8)26(5)34)13-12-14-23(2)30-24(3)16-18-29(39-30)19-17-28(36)15-10-9-11-20-38-27(6)35/h11-16,25,28,30-31H,5-10,17-24H2,1-4H3,(H,40,48)(H3,38,39,49);12-14,22,24-26,29-32,34H,9-11,15-21H2,1-8H3/b;13-12+,23-14+/t28?,30-,31-;22-,24+,25-,26-,29-,30-,31-,32-,33-/m01/s1. The number of hydrogen-bond donors (Lipinski definition) is 4. The lowest BCUT2D eigenvalue weighted by Gasteiger charge is -2.35. The zero-order valence-corrected chi connectivity index (χ0v) is 56.7. The number of unbranched alkanes of at least 4 members (excludes halogenated alkanes) is 4. The van der Waals surface area contributed by atoms with Crippen LogP contribution in [-0.4, -0.2) is 175 Å². The third-order valence-corrected chi connectivity index (χ3v) is 18.1. The number of nitrogens with two attached hydrogens (primary N) is 1. The molecule has 1 unspecified atom stereocenters. The van der Waals surface area contributed by atoms with Crippen LogP contribution in [0.5, 0.6) is 0 Å². The van der Waals surface area contributed by atoms with Crippen molar-refractivity contribution in [3.63, 3.8) is 0 Å². The number of primary amides is 1. The number of aliphatic hydroxyl groups excluding tert-OH is 1. The molecular weight excluding hydrogens is 1160 g/mol. The van der Waals surface area contributed by atoms with Crippen molar-refractivity contribution < 1.29 is 71.9 Å². The Morgan fingerprint density at radius 3 is 2.14 bits per heavy atom. The number of allylic oxidation sites excluding steroid dienone is 3. The Bertz CT molecular complexity index is 2600. The molecule has 1 aromatic carbocycles. The summed E-state index contributed by atoms with van der Waals surface area (Å²) in [6.45, 7) is 20.6. The van der Waals surface area contributed by atoms with Crippen LogP contribution in [-0.2, 0) is 70.3 Å². The van der Waals surface area contributed by atoms with Crippen LogP contribution in [0.1, 0.15) is 183 Å². The average Bonchev–Trinajstić information content (AvgIpc) is 1.62. The van der Waals surface area contributed by atoms with Crippen molar-refractivity contribution in [2.45, 2.75) is 233 Å². The van der Waals surface area contributed by atoms with Gasteiger partial charge < -0.3 is 55.0 Å². The molecule has 5 rings (SSSR count). The minimum atomic E-state index is -0.847. The van der Waals surface area contributed by atoms with Crippen molar-refractivity contribution in [1.29, 1.82) is 0 Å². The number of rotatable bonds is 39. The number of aliphatic hydroxyl groups is 1. The third kappa shape index (κ3) is 27.5. The van der Waals surface area contributed by atoms with E-state index in [4.69, 9.17) is 29.4 Å². The number of likely N-dealkylation sites (tertiary alicyclic amines) is 1. The minimum Gasteiger partial charge on any atom is -0.466 e. The smallest absolute Gasteiger partial charge is 0.410 e. The summed E-state index contributed by atoms with van der Waals surface area (Å²) in [6.07, 6.45) is 19.4. The van der Waals surface area contributed by atoms with Gasteiger partial charge in [0, 0.05) is 103 Å². The lowest BCUT2D eigenvalue weighted by atomic mass is 9.85. The first kappa shape index (κ1) is 77.3. The van der Waals surface area contributed by atoms with Gasteiger partial charge in [-0.1, -0.05) is 83.5 Å². The first-order valence-corrected chi connectivity index (χ1v) is 33.2. The molecule has 1 aromatic rings. The molecular formula is C70H110N6O15. The molecule has 510 valence electrons. The molecule has 0 aromatic heterocycles. The molecule has 0 bridgehead atoms.